The van der Waals surface area contributed by atoms with Gasteiger partial charge in [0.2, 0.25) is 11.9 Å². The van der Waals surface area contributed by atoms with Crippen molar-refractivity contribution in [1.82, 2.24) is 14.5 Å². The molecule has 0 radical (unpaired) electrons. The summed E-state index contributed by atoms with van der Waals surface area (Å²) < 4.78 is 28.1. The second kappa shape index (κ2) is 5.34. The van der Waals surface area contributed by atoms with Crippen molar-refractivity contribution in [3.8, 4) is 0 Å². The van der Waals surface area contributed by atoms with Gasteiger partial charge in [0.15, 0.2) is 0 Å². The van der Waals surface area contributed by atoms with E-state index in [1.807, 2.05) is 6.92 Å². The lowest BCUT2D eigenvalue weighted by molar-refractivity contribution is 0.592. The maximum Gasteiger partial charge on any atom is 0.353 e. The van der Waals surface area contributed by atoms with Crippen LogP contribution in [0.3, 0.4) is 0 Å². The smallest absolute Gasteiger partial charge is 0.347 e. The van der Waals surface area contributed by atoms with Gasteiger partial charge in [-0.3, -0.25) is 4.57 Å². The minimum atomic E-state index is -3.76. The van der Waals surface area contributed by atoms with Crippen molar-refractivity contribution < 1.29 is 8.42 Å². The summed E-state index contributed by atoms with van der Waals surface area (Å²) >= 11 is 0. The normalized spacial score (nSPS) is 14.0. The predicted octanol–water partition coefficient (Wildman–Crippen LogP) is 0.222. The topological polar surface area (TPSA) is 88.4 Å². The third kappa shape index (κ3) is 2.56. The molecule has 0 saturated carbocycles. The van der Waals surface area contributed by atoms with Gasteiger partial charge >= 0.3 is 5.69 Å². The Labute approximate surface area is 134 Å². The molecule has 3 rings (SSSR count). The van der Waals surface area contributed by atoms with Crippen LogP contribution in [0.2, 0.25) is 0 Å². The van der Waals surface area contributed by atoms with Gasteiger partial charge in [-0.2, -0.15) is 9.97 Å². The quantitative estimate of drug-likeness (QED) is 0.797. The van der Waals surface area contributed by atoms with E-state index in [1.165, 1.54) is 4.57 Å². The molecule has 2 aromatic rings. The molecule has 122 valence electrons. The van der Waals surface area contributed by atoms with Crippen molar-refractivity contribution in [2.24, 2.45) is 0 Å². The Morgan fingerprint density at radius 1 is 1.09 bits per heavy atom. The van der Waals surface area contributed by atoms with E-state index in [0.29, 0.717) is 0 Å². The molecule has 2 heterocycles. The Morgan fingerprint density at radius 2 is 1.74 bits per heavy atom. The fraction of sp³-hybridized carbons (Fsp3) is 0.357. The monoisotopic (exact) mass is 335 g/mol. The second-order valence-electron chi connectivity index (χ2n) is 5.54. The second-order valence-corrected chi connectivity index (χ2v) is 7.40. The molecule has 0 fully saturated rings. The Morgan fingerprint density at radius 3 is 2.35 bits per heavy atom. The molecule has 9 heteroatoms. The fourth-order valence-corrected chi connectivity index (χ4v) is 3.76. The molecule has 0 N–H and O–H groups in total. The highest BCUT2D eigenvalue weighted by molar-refractivity contribution is 7.92. The van der Waals surface area contributed by atoms with Crippen molar-refractivity contribution in [1.29, 1.82) is 0 Å². The molecule has 1 aromatic carbocycles. The number of hydrogen-bond donors (Lipinski definition) is 0. The SMILES string of the molecule is Cc1ccc(S(=O)(=O)N2CCn3c2nc(N(C)C)nc3=O)cc1. The molecule has 23 heavy (non-hydrogen) atoms. The van der Waals surface area contributed by atoms with E-state index in [1.54, 1.807) is 43.3 Å². The van der Waals surface area contributed by atoms with Crippen molar-refractivity contribution >= 4 is 21.9 Å². The summed E-state index contributed by atoms with van der Waals surface area (Å²) in [5.74, 6) is 0.293. The highest BCUT2D eigenvalue weighted by Crippen LogP contribution is 2.26. The summed E-state index contributed by atoms with van der Waals surface area (Å²) in [6.45, 7) is 2.29. The first-order valence-corrected chi connectivity index (χ1v) is 8.50. The van der Waals surface area contributed by atoms with Gasteiger partial charge in [0.1, 0.15) is 0 Å². The zero-order chi connectivity index (χ0) is 16.8. The standard InChI is InChI=1S/C14H17N5O3S/c1-10-4-6-11(7-5-10)23(21,22)19-9-8-18-13(19)15-12(17(2)3)16-14(18)20/h4-7H,8-9H2,1-3H3. The molecule has 0 spiro atoms. The maximum absolute atomic E-state index is 12.8. The summed E-state index contributed by atoms with van der Waals surface area (Å²) in [5.41, 5.74) is 0.472. The number of aryl methyl sites for hydroxylation is 1. The van der Waals surface area contributed by atoms with E-state index in [9.17, 15) is 13.2 Å². The Hall–Kier alpha value is -2.42. The first-order chi connectivity index (χ1) is 10.8. The summed E-state index contributed by atoms with van der Waals surface area (Å²) in [6.07, 6.45) is 0. The van der Waals surface area contributed by atoms with Gasteiger partial charge in [-0.15, -0.1) is 0 Å². The average Bonchev–Trinajstić information content (AvgIpc) is 2.92. The number of nitrogens with zero attached hydrogens (tertiary/aromatic N) is 5. The van der Waals surface area contributed by atoms with Crippen LogP contribution < -0.4 is 14.9 Å². The first kappa shape index (κ1) is 15.5. The van der Waals surface area contributed by atoms with Gasteiger partial charge in [-0.1, -0.05) is 17.7 Å². The minimum absolute atomic E-state index is 0.106. The van der Waals surface area contributed by atoms with Crippen molar-refractivity contribution in [3.63, 3.8) is 0 Å². The molecule has 0 amide bonds. The van der Waals surface area contributed by atoms with E-state index >= 15 is 0 Å². The number of rotatable bonds is 3. The van der Waals surface area contributed by atoms with Crippen LogP contribution in [0.4, 0.5) is 11.9 Å². The van der Waals surface area contributed by atoms with Gasteiger partial charge in [-0.25, -0.2) is 17.5 Å². The predicted molar refractivity (Wildman–Crippen MR) is 86.3 cm³/mol. The highest BCUT2D eigenvalue weighted by atomic mass is 32.2. The van der Waals surface area contributed by atoms with Crippen LogP contribution in [-0.4, -0.2) is 43.6 Å². The van der Waals surface area contributed by atoms with Gasteiger partial charge in [0, 0.05) is 20.6 Å². The van der Waals surface area contributed by atoms with Crippen LogP contribution >= 0.6 is 0 Å². The van der Waals surface area contributed by atoms with Crippen LogP contribution in [0.5, 0.6) is 0 Å². The van der Waals surface area contributed by atoms with E-state index in [4.69, 9.17) is 0 Å². The van der Waals surface area contributed by atoms with Crippen molar-refractivity contribution in [2.45, 2.75) is 18.4 Å². The van der Waals surface area contributed by atoms with Crippen LogP contribution in [0.1, 0.15) is 5.56 Å². The van der Waals surface area contributed by atoms with E-state index in [2.05, 4.69) is 9.97 Å². The Bertz CT molecular complexity index is 903. The molecular formula is C14H17N5O3S. The number of aromatic nitrogens is 3. The van der Waals surface area contributed by atoms with E-state index < -0.39 is 15.7 Å². The van der Waals surface area contributed by atoms with Crippen LogP contribution in [0.25, 0.3) is 0 Å². The van der Waals surface area contributed by atoms with E-state index in [0.717, 1.165) is 9.87 Å². The summed E-state index contributed by atoms with van der Waals surface area (Å²) in [7, 11) is -0.375. The van der Waals surface area contributed by atoms with Gasteiger partial charge in [0.25, 0.3) is 10.0 Å². The molecule has 0 bridgehead atoms. The van der Waals surface area contributed by atoms with Crippen molar-refractivity contribution in [2.75, 3.05) is 29.8 Å². The Balaban J connectivity index is 2.11. The summed E-state index contributed by atoms with van der Waals surface area (Å²) in [5, 5.41) is 0. The van der Waals surface area contributed by atoms with Gasteiger partial charge in [0.05, 0.1) is 11.4 Å². The van der Waals surface area contributed by atoms with Crippen LogP contribution in [-0.2, 0) is 16.6 Å². The lowest BCUT2D eigenvalue weighted by Crippen LogP contribution is -2.32. The zero-order valence-electron chi connectivity index (χ0n) is 13.1. The third-order valence-corrected chi connectivity index (χ3v) is 5.42. The number of fused-ring (bicyclic) bond motifs is 1. The lowest BCUT2D eigenvalue weighted by atomic mass is 10.2. The van der Waals surface area contributed by atoms with Crippen LogP contribution in [0.15, 0.2) is 34.0 Å². The highest BCUT2D eigenvalue weighted by Gasteiger charge is 2.33. The summed E-state index contributed by atoms with van der Waals surface area (Å²) in [6, 6.07) is 6.58. The number of anilines is 2. The molecule has 0 unspecified atom stereocenters. The van der Waals surface area contributed by atoms with Gasteiger partial charge < -0.3 is 4.90 Å². The zero-order valence-corrected chi connectivity index (χ0v) is 13.9. The minimum Gasteiger partial charge on any atom is -0.347 e. The molecule has 1 aliphatic rings. The first-order valence-electron chi connectivity index (χ1n) is 7.06. The largest absolute Gasteiger partial charge is 0.353 e. The van der Waals surface area contributed by atoms with Crippen molar-refractivity contribution in [3.05, 3.63) is 40.3 Å². The molecule has 0 aliphatic carbocycles. The Kier molecular flexibility index (Phi) is 3.59. The third-order valence-electron chi connectivity index (χ3n) is 3.63. The van der Waals surface area contributed by atoms with E-state index in [-0.39, 0.29) is 29.9 Å². The van der Waals surface area contributed by atoms with Gasteiger partial charge in [-0.05, 0) is 19.1 Å². The number of sulfonamides is 1. The maximum atomic E-state index is 12.8. The molecule has 8 nitrogen and oxygen atoms in total. The summed E-state index contributed by atoms with van der Waals surface area (Å²) in [4.78, 5) is 21.9. The lowest BCUT2D eigenvalue weighted by Gasteiger charge is -2.18. The van der Waals surface area contributed by atoms with Crippen LogP contribution in [0, 0.1) is 6.92 Å². The molecular weight excluding hydrogens is 318 g/mol. The number of benzene rings is 1. The molecule has 0 saturated heterocycles. The average molecular weight is 335 g/mol. The molecule has 1 aliphatic heterocycles. The number of hydrogen-bond acceptors (Lipinski definition) is 6. The molecule has 0 atom stereocenters. The fourth-order valence-electron chi connectivity index (χ4n) is 2.35. The molecule has 1 aromatic heterocycles.